The lowest BCUT2D eigenvalue weighted by molar-refractivity contribution is 0.324. The summed E-state index contributed by atoms with van der Waals surface area (Å²) in [4.78, 5) is 18.8. The van der Waals surface area contributed by atoms with Crippen molar-refractivity contribution in [3.05, 3.63) is 64.6 Å². The van der Waals surface area contributed by atoms with Crippen molar-refractivity contribution in [2.45, 2.75) is 0 Å². The van der Waals surface area contributed by atoms with Gasteiger partial charge in [0.2, 0.25) is 5.75 Å². The van der Waals surface area contributed by atoms with E-state index < -0.39 is 5.56 Å². The first-order chi connectivity index (χ1) is 14.6. The summed E-state index contributed by atoms with van der Waals surface area (Å²) in [5, 5.41) is 10.6. The predicted octanol–water partition coefficient (Wildman–Crippen LogP) is 4.09. The number of H-pyrrole nitrogens is 2. The summed E-state index contributed by atoms with van der Waals surface area (Å²) in [5.41, 5.74) is 3.00. The van der Waals surface area contributed by atoms with Crippen LogP contribution in [0.4, 0.5) is 0 Å². The highest BCUT2D eigenvalue weighted by atomic mass is 16.5. The summed E-state index contributed by atoms with van der Waals surface area (Å²) >= 11 is 0. The molecule has 0 fully saturated rings. The Morgan fingerprint density at radius 3 is 2.27 bits per heavy atom. The third-order valence-corrected chi connectivity index (χ3v) is 5.00. The van der Waals surface area contributed by atoms with Gasteiger partial charge in [-0.2, -0.15) is 5.26 Å². The molecule has 0 saturated heterocycles. The monoisotopic (exact) mass is 401 g/mol. The molecule has 2 aromatic carbocycles. The van der Waals surface area contributed by atoms with Crippen molar-refractivity contribution >= 4 is 10.9 Å². The van der Waals surface area contributed by atoms with Crippen molar-refractivity contribution in [3.63, 3.8) is 0 Å². The molecule has 0 aliphatic rings. The standard InChI is InChI=1S/C23H19N3O4/c1-28-20-8-13(9-21(29-2)22(20)30-3)15-10-19(26-23(27)16(15)11-24)17-12-25-18-7-5-4-6-14(17)18/h4-10,12,25H,1-3H3,(H,26,27). The van der Waals surface area contributed by atoms with Crippen molar-refractivity contribution in [2.24, 2.45) is 0 Å². The molecule has 0 atom stereocenters. The van der Waals surface area contributed by atoms with Crippen molar-refractivity contribution in [1.82, 2.24) is 9.97 Å². The van der Waals surface area contributed by atoms with Crippen LogP contribution in [0.2, 0.25) is 0 Å². The average Bonchev–Trinajstić information content (AvgIpc) is 3.21. The fraction of sp³-hybridized carbons (Fsp3) is 0.130. The Bertz CT molecular complexity index is 1320. The first-order valence-corrected chi connectivity index (χ1v) is 9.15. The van der Waals surface area contributed by atoms with Gasteiger partial charge in [-0.05, 0) is 29.8 Å². The number of fused-ring (bicyclic) bond motifs is 1. The molecule has 0 aliphatic heterocycles. The normalized spacial score (nSPS) is 10.6. The molecular formula is C23H19N3O4. The fourth-order valence-corrected chi connectivity index (χ4v) is 3.57. The van der Waals surface area contributed by atoms with Crippen LogP contribution >= 0.6 is 0 Å². The minimum Gasteiger partial charge on any atom is -0.493 e. The molecule has 2 aromatic heterocycles. The number of nitrogens with one attached hydrogen (secondary N) is 2. The molecule has 7 heteroatoms. The second-order valence-electron chi connectivity index (χ2n) is 6.57. The van der Waals surface area contributed by atoms with Gasteiger partial charge in [0.1, 0.15) is 11.6 Å². The van der Waals surface area contributed by atoms with Crippen molar-refractivity contribution < 1.29 is 14.2 Å². The number of nitriles is 1. The van der Waals surface area contributed by atoms with E-state index in [2.05, 4.69) is 9.97 Å². The van der Waals surface area contributed by atoms with Gasteiger partial charge < -0.3 is 24.2 Å². The van der Waals surface area contributed by atoms with Crippen LogP contribution in [-0.4, -0.2) is 31.3 Å². The minimum absolute atomic E-state index is 0.00728. The summed E-state index contributed by atoms with van der Waals surface area (Å²) in [7, 11) is 4.55. The number of hydrogen-bond acceptors (Lipinski definition) is 5. The Balaban J connectivity index is 1.99. The van der Waals surface area contributed by atoms with Crippen molar-refractivity contribution in [3.8, 4) is 45.7 Å². The molecule has 0 amide bonds. The van der Waals surface area contributed by atoms with Crippen LogP contribution in [0.1, 0.15) is 5.56 Å². The molecule has 4 rings (SSSR count). The van der Waals surface area contributed by atoms with Crippen molar-refractivity contribution in [2.75, 3.05) is 21.3 Å². The van der Waals surface area contributed by atoms with Gasteiger partial charge in [0.25, 0.3) is 5.56 Å². The molecule has 150 valence electrons. The number of para-hydroxylation sites is 1. The van der Waals surface area contributed by atoms with Crippen LogP contribution in [0.15, 0.2) is 53.5 Å². The highest BCUT2D eigenvalue weighted by molar-refractivity contribution is 5.95. The quantitative estimate of drug-likeness (QED) is 0.525. The Morgan fingerprint density at radius 2 is 1.63 bits per heavy atom. The second kappa shape index (κ2) is 7.68. The third kappa shape index (κ3) is 3.05. The van der Waals surface area contributed by atoms with Crippen LogP contribution in [0.5, 0.6) is 17.2 Å². The Kier molecular flexibility index (Phi) is 4.90. The first-order valence-electron chi connectivity index (χ1n) is 9.15. The number of benzene rings is 2. The van der Waals surface area contributed by atoms with Crippen LogP contribution in [-0.2, 0) is 0 Å². The molecule has 0 saturated carbocycles. The molecule has 2 heterocycles. The number of ether oxygens (including phenoxy) is 3. The Hall–Kier alpha value is -4.18. The van der Waals surface area contributed by atoms with E-state index in [4.69, 9.17) is 14.2 Å². The predicted molar refractivity (Wildman–Crippen MR) is 114 cm³/mol. The highest BCUT2D eigenvalue weighted by Gasteiger charge is 2.19. The third-order valence-electron chi connectivity index (χ3n) is 5.00. The average molecular weight is 401 g/mol. The van der Waals surface area contributed by atoms with Gasteiger partial charge in [-0.1, -0.05) is 18.2 Å². The maximum Gasteiger partial charge on any atom is 0.266 e. The molecule has 2 N–H and O–H groups in total. The Morgan fingerprint density at radius 1 is 0.933 bits per heavy atom. The maximum atomic E-state index is 12.8. The molecule has 7 nitrogen and oxygen atoms in total. The van der Waals surface area contributed by atoms with Crippen LogP contribution in [0.25, 0.3) is 33.3 Å². The first kappa shape index (κ1) is 19.2. The van der Waals surface area contributed by atoms with Gasteiger partial charge in [0.05, 0.1) is 27.0 Å². The molecule has 0 spiro atoms. The lowest BCUT2D eigenvalue weighted by Gasteiger charge is -2.15. The Labute approximate surface area is 172 Å². The maximum absolute atomic E-state index is 12.8. The summed E-state index contributed by atoms with van der Waals surface area (Å²) < 4.78 is 16.2. The van der Waals surface area contributed by atoms with Gasteiger partial charge in [-0.15, -0.1) is 0 Å². The van der Waals surface area contributed by atoms with E-state index in [0.717, 1.165) is 16.5 Å². The van der Waals surface area contributed by atoms with E-state index in [-0.39, 0.29) is 5.56 Å². The summed E-state index contributed by atoms with van der Waals surface area (Å²) in [6.45, 7) is 0. The summed E-state index contributed by atoms with van der Waals surface area (Å²) in [6.07, 6.45) is 1.83. The van der Waals surface area contributed by atoms with E-state index in [0.29, 0.717) is 34.1 Å². The summed E-state index contributed by atoms with van der Waals surface area (Å²) in [5.74, 6) is 1.30. The van der Waals surface area contributed by atoms with Crippen LogP contribution in [0.3, 0.4) is 0 Å². The zero-order chi connectivity index (χ0) is 21.3. The smallest absolute Gasteiger partial charge is 0.266 e. The van der Waals surface area contributed by atoms with E-state index in [1.807, 2.05) is 36.5 Å². The minimum atomic E-state index is -0.468. The number of nitrogens with zero attached hydrogens (tertiary/aromatic N) is 1. The fourth-order valence-electron chi connectivity index (χ4n) is 3.57. The van der Waals surface area contributed by atoms with Crippen LogP contribution in [0, 0.1) is 11.3 Å². The zero-order valence-corrected chi connectivity index (χ0v) is 16.7. The lowest BCUT2D eigenvalue weighted by atomic mass is 9.98. The highest BCUT2D eigenvalue weighted by Crippen LogP contribution is 2.42. The molecular weight excluding hydrogens is 382 g/mol. The zero-order valence-electron chi connectivity index (χ0n) is 16.7. The van der Waals surface area contributed by atoms with E-state index >= 15 is 0 Å². The van der Waals surface area contributed by atoms with Crippen molar-refractivity contribution in [1.29, 1.82) is 5.26 Å². The van der Waals surface area contributed by atoms with Gasteiger partial charge in [-0.25, -0.2) is 0 Å². The van der Waals surface area contributed by atoms with Gasteiger partial charge in [0, 0.05) is 28.2 Å². The SMILES string of the molecule is COc1cc(-c2cc(-c3c[nH]c4ccccc34)[nH]c(=O)c2C#N)cc(OC)c1OC. The molecule has 0 unspecified atom stereocenters. The molecule has 4 aromatic rings. The lowest BCUT2D eigenvalue weighted by Crippen LogP contribution is -2.12. The van der Waals surface area contributed by atoms with Gasteiger partial charge >= 0.3 is 0 Å². The number of aromatic nitrogens is 2. The van der Waals surface area contributed by atoms with E-state index in [1.54, 1.807) is 18.2 Å². The number of methoxy groups -OCH3 is 3. The van der Waals surface area contributed by atoms with Crippen LogP contribution < -0.4 is 19.8 Å². The van der Waals surface area contributed by atoms with E-state index in [1.165, 1.54) is 21.3 Å². The molecule has 0 radical (unpaired) electrons. The topological polar surface area (TPSA) is 100 Å². The molecule has 0 bridgehead atoms. The van der Waals surface area contributed by atoms with Gasteiger partial charge in [-0.3, -0.25) is 4.79 Å². The molecule has 30 heavy (non-hydrogen) atoms. The number of hydrogen-bond donors (Lipinski definition) is 2. The molecule has 0 aliphatic carbocycles. The second-order valence-corrected chi connectivity index (χ2v) is 6.57. The number of pyridine rings is 1. The number of rotatable bonds is 5. The van der Waals surface area contributed by atoms with Gasteiger partial charge in [0.15, 0.2) is 11.5 Å². The van der Waals surface area contributed by atoms with E-state index in [9.17, 15) is 10.1 Å². The largest absolute Gasteiger partial charge is 0.493 e. The number of aromatic amines is 2. The summed E-state index contributed by atoms with van der Waals surface area (Å²) in [6, 6.07) is 15.0.